The number of aromatic hydroxyl groups is 2. The van der Waals surface area contributed by atoms with Crippen LogP contribution < -0.4 is 0 Å². The molecule has 16 heavy (non-hydrogen) atoms. The molecule has 5 heteroatoms. The van der Waals surface area contributed by atoms with Crippen molar-refractivity contribution in [1.82, 2.24) is 4.90 Å². The van der Waals surface area contributed by atoms with Crippen LogP contribution in [-0.4, -0.2) is 40.0 Å². The molecule has 0 aromatic heterocycles. The van der Waals surface area contributed by atoms with Crippen molar-refractivity contribution in [3.8, 4) is 11.5 Å². The minimum Gasteiger partial charge on any atom is -0.504 e. The quantitative estimate of drug-likeness (QED) is 0.629. The molecule has 4 nitrogen and oxygen atoms in total. The molecule has 0 saturated heterocycles. The number of amides is 1. The third kappa shape index (κ3) is 2.58. The average molecular weight is 244 g/mol. The van der Waals surface area contributed by atoms with Gasteiger partial charge in [-0.3, -0.25) is 4.79 Å². The largest absolute Gasteiger partial charge is 0.504 e. The summed E-state index contributed by atoms with van der Waals surface area (Å²) in [5.74, 6) is -0.461. The molecule has 0 spiro atoms. The van der Waals surface area contributed by atoms with Gasteiger partial charge in [0.1, 0.15) is 0 Å². The number of carbonyl (C=O) groups is 1. The van der Waals surface area contributed by atoms with Gasteiger partial charge in [-0.15, -0.1) is 11.6 Å². The lowest BCUT2D eigenvalue weighted by Crippen LogP contribution is -2.36. The van der Waals surface area contributed by atoms with E-state index >= 15 is 0 Å². The standard InChI is InChI=1S/C11H14ClNO3/c1-7(6-12)13(2)11(16)8-3-4-9(14)10(15)5-8/h3-5,7,14-15H,6H2,1-2H3. The molecule has 1 amide bonds. The van der Waals surface area contributed by atoms with Crippen molar-refractivity contribution in [2.75, 3.05) is 12.9 Å². The molecule has 1 unspecified atom stereocenters. The molecular formula is C11H14ClNO3. The molecule has 1 aromatic rings. The van der Waals surface area contributed by atoms with E-state index in [1.54, 1.807) is 7.05 Å². The van der Waals surface area contributed by atoms with Crippen molar-refractivity contribution in [1.29, 1.82) is 0 Å². The highest BCUT2D eigenvalue weighted by molar-refractivity contribution is 6.18. The molecule has 1 rings (SSSR count). The Labute approximate surface area is 99.1 Å². The summed E-state index contributed by atoms with van der Waals surface area (Å²) < 4.78 is 0. The number of rotatable bonds is 3. The van der Waals surface area contributed by atoms with Crippen molar-refractivity contribution >= 4 is 17.5 Å². The molecular weight excluding hydrogens is 230 g/mol. The van der Waals surface area contributed by atoms with Gasteiger partial charge in [0.2, 0.25) is 0 Å². The Kier molecular flexibility index (Phi) is 4.01. The predicted molar refractivity (Wildman–Crippen MR) is 62.0 cm³/mol. The van der Waals surface area contributed by atoms with Crippen molar-refractivity contribution in [2.45, 2.75) is 13.0 Å². The Hall–Kier alpha value is -1.42. The van der Waals surface area contributed by atoms with Crippen LogP contribution in [0.1, 0.15) is 17.3 Å². The smallest absolute Gasteiger partial charge is 0.254 e. The normalized spacial score (nSPS) is 12.2. The average Bonchev–Trinajstić information content (AvgIpc) is 2.29. The van der Waals surface area contributed by atoms with Gasteiger partial charge in [0.25, 0.3) is 5.91 Å². The van der Waals surface area contributed by atoms with Gasteiger partial charge in [0, 0.05) is 24.5 Å². The maximum Gasteiger partial charge on any atom is 0.254 e. The summed E-state index contributed by atoms with van der Waals surface area (Å²) in [7, 11) is 1.64. The SMILES string of the molecule is CC(CCl)N(C)C(=O)c1ccc(O)c(O)c1. The lowest BCUT2D eigenvalue weighted by atomic mass is 10.1. The summed E-state index contributed by atoms with van der Waals surface area (Å²) in [6.45, 7) is 1.82. The first kappa shape index (κ1) is 12.6. The number of nitrogens with zero attached hydrogens (tertiary/aromatic N) is 1. The zero-order valence-electron chi connectivity index (χ0n) is 9.14. The molecule has 1 aromatic carbocycles. The monoisotopic (exact) mass is 243 g/mol. The lowest BCUT2D eigenvalue weighted by molar-refractivity contribution is 0.0756. The van der Waals surface area contributed by atoms with Crippen LogP contribution in [0.5, 0.6) is 11.5 Å². The molecule has 0 saturated carbocycles. The molecule has 1 atom stereocenters. The Morgan fingerprint density at radius 3 is 2.56 bits per heavy atom. The molecule has 0 bridgehead atoms. The van der Waals surface area contributed by atoms with Gasteiger partial charge < -0.3 is 15.1 Å². The van der Waals surface area contributed by atoms with E-state index < -0.39 is 0 Å². The fourth-order valence-electron chi connectivity index (χ4n) is 1.16. The number of benzene rings is 1. The summed E-state index contributed by atoms with van der Waals surface area (Å²) in [6.07, 6.45) is 0. The molecule has 0 heterocycles. The van der Waals surface area contributed by atoms with Gasteiger partial charge in [0.05, 0.1) is 0 Å². The molecule has 0 aliphatic heterocycles. The molecule has 2 N–H and O–H groups in total. The second-order valence-corrected chi connectivity index (χ2v) is 3.93. The number of alkyl halides is 1. The van der Waals surface area contributed by atoms with Crippen molar-refractivity contribution in [3.63, 3.8) is 0 Å². The Balaban J connectivity index is 2.92. The number of carbonyl (C=O) groups excluding carboxylic acids is 1. The van der Waals surface area contributed by atoms with Gasteiger partial charge in [-0.1, -0.05) is 0 Å². The number of halogens is 1. The molecule has 0 aliphatic rings. The van der Waals surface area contributed by atoms with Crippen LogP contribution >= 0.6 is 11.6 Å². The van der Waals surface area contributed by atoms with Gasteiger partial charge >= 0.3 is 0 Å². The second kappa shape index (κ2) is 5.07. The van der Waals surface area contributed by atoms with E-state index in [-0.39, 0.29) is 23.4 Å². The summed E-state index contributed by atoms with van der Waals surface area (Å²) in [5.41, 5.74) is 0.315. The third-order valence-electron chi connectivity index (χ3n) is 2.43. The number of phenols is 2. The van der Waals surface area contributed by atoms with Crippen molar-refractivity contribution < 1.29 is 15.0 Å². The molecule has 0 aliphatic carbocycles. The topological polar surface area (TPSA) is 60.8 Å². The fourth-order valence-corrected chi connectivity index (χ4v) is 1.37. The first-order valence-corrected chi connectivity index (χ1v) is 5.36. The Morgan fingerprint density at radius 2 is 2.06 bits per heavy atom. The van der Waals surface area contributed by atoms with E-state index in [9.17, 15) is 9.90 Å². The summed E-state index contributed by atoms with van der Waals surface area (Å²) >= 11 is 5.65. The van der Waals surface area contributed by atoms with Gasteiger partial charge in [-0.25, -0.2) is 0 Å². The maximum atomic E-state index is 11.9. The highest BCUT2D eigenvalue weighted by Gasteiger charge is 2.17. The van der Waals surface area contributed by atoms with E-state index in [1.807, 2.05) is 6.92 Å². The predicted octanol–water partition coefficient (Wildman–Crippen LogP) is 1.80. The van der Waals surface area contributed by atoms with Crippen LogP contribution in [0.25, 0.3) is 0 Å². The van der Waals surface area contributed by atoms with Gasteiger partial charge in [0.15, 0.2) is 11.5 Å². The van der Waals surface area contributed by atoms with Crippen LogP contribution in [0.4, 0.5) is 0 Å². The first-order valence-electron chi connectivity index (χ1n) is 4.82. The van der Waals surface area contributed by atoms with E-state index in [0.717, 1.165) is 0 Å². The van der Waals surface area contributed by atoms with Crippen molar-refractivity contribution in [3.05, 3.63) is 23.8 Å². The molecule has 0 radical (unpaired) electrons. The third-order valence-corrected chi connectivity index (χ3v) is 2.87. The van der Waals surface area contributed by atoms with Crippen LogP contribution in [0.3, 0.4) is 0 Å². The molecule has 88 valence electrons. The lowest BCUT2D eigenvalue weighted by Gasteiger charge is -2.23. The van der Waals surface area contributed by atoms with Crippen LogP contribution in [0.15, 0.2) is 18.2 Å². The summed E-state index contributed by atoms with van der Waals surface area (Å²) in [5, 5.41) is 18.4. The van der Waals surface area contributed by atoms with Crippen LogP contribution in [0, 0.1) is 0 Å². The van der Waals surface area contributed by atoms with Gasteiger partial charge in [-0.05, 0) is 25.1 Å². The zero-order chi connectivity index (χ0) is 12.3. The zero-order valence-corrected chi connectivity index (χ0v) is 9.90. The van der Waals surface area contributed by atoms with Crippen molar-refractivity contribution in [2.24, 2.45) is 0 Å². The Bertz CT molecular complexity index is 395. The maximum absolute atomic E-state index is 11.9. The number of hydrogen-bond donors (Lipinski definition) is 2. The minimum atomic E-state index is -0.308. The van der Waals surface area contributed by atoms with E-state index in [4.69, 9.17) is 16.7 Å². The van der Waals surface area contributed by atoms with Gasteiger partial charge in [-0.2, -0.15) is 0 Å². The fraction of sp³-hybridized carbons (Fsp3) is 0.364. The molecule has 0 fully saturated rings. The van der Waals surface area contributed by atoms with E-state index in [1.165, 1.54) is 23.1 Å². The van der Waals surface area contributed by atoms with Crippen LogP contribution in [-0.2, 0) is 0 Å². The number of phenolic OH excluding ortho intramolecular Hbond substituents is 2. The highest BCUT2D eigenvalue weighted by atomic mass is 35.5. The Morgan fingerprint density at radius 1 is 1.44 bits per heavy atom. The summed E-state index contributed by atoms with van der Waals surface area (Å²) in [4.78, 5) is 13.4. The first-order chi connectivity index (χ1) is 7.47. The number of hydrogen-bond acceptors (Lipinski definition) is 3. The highest BCUT2D eigenvalue weighted by Crippen LogP contribution is 2.25. The van der Waals surface area contributed by atoms with E-state index in [0.29, 0.717) is 11.4 Å². The minimum absolute atomic E-state index is 0.0925. The second-order valence-electron chi connectivity index (χ2n) is 3.62. The summed E-state index contributed by atoms with van der Waals surface area (Å²) in [6, 6.07) is 3.87. The van der Waals surface area contributed by atoms with Crippen LogP contribution in [0.2, 0.25) is 0 Å². The van der Waals surface area contributed by atoms with E-state index in [2.05, 4.69) is 0 Å².